The summed E-state index contributed by atoms with van der Waals surface area (Å²) in [5, 5.41) is 25.0. The number of nitrogens with zero attached hydrogens (tertiary/aromatic N) is 3. The van der Waals surface area contributed by atoms with Crippen molar-refractivity contribution in [1.82, 2.24) is 41.2 Å². The highest BCUT2D eigenvalue weighted by atomic mass is 35.5. The molecule has 0 bridgehead atoms. The number of carbonyl (C=O) groups is 2. The zero-order chi connectivity index (χ0) is 36.4. The van der Waals surface area contributed by atoms with Crippen molar-refractivity contribution in [2.75, 3.05) is 93.3 Å². The highest BCUT2D eigenvalue weighted by molar-refractivity contribution is 6.18. The van der Waals surface area contributed by atoms with E-state index in [0.717, 1.165) is 92.6 Å². The number of methoxy groups -OCH3 is 4. The van der Waals surface area contributed by atoms with E-state index >= 15 is 0 Å². The molecule has 288 valence electrons. The number of carbonyl (C=O) groups excluding carboxylic acids is 2. The molecule has 2 aromatic heterocycles. The Kier molecular flexibility index (Phi) is 18.7. The van der Waals surface area contributed by atoms with E-state index < -0.39 is 0 Å². The van der Waals surface area contributed by atoms with Crippen LogP contribution in [0.25, 0.3) is 21.8 Å². The number of aromatic amines is 2. The van der Waals surface area contributed by atoms with Crippen LogP contribution >= 0.6 is 11.6 Å². The molecule has 52 heavy (non-hydrogen) atoms. The van der Waals surface area contributed by atoms with Crippen molar-refractivity contribution in [3.8, 4) is 11.5 Å². The van der Waals surface area contributed by atoms with Gasteiger partial charge in [0.15, 0.2) is 11.4 Å². The molecule has 0 saturated carbocycles. The van der Waals surface area contributed by atoms with Gasteiger partial charge in [-0.3, -0.25) is 19.8 Å². The number of amides is 2. The van der Waals surface area contributed by atoms with Crippen LogP contribution in [0.2, 0.25) is 0 Å². The minimum atomic E-state index is -0.138. The van der Waals surface area contributed by atoms with Gasteiger partial charge in [0, 0.05) is 50.5 Å². The first-order chi connectivity index (χ1) is 24.9. The number of ether oxygens (including phenoxy) is 4. The Morgan fingerprint density at radius 2 is 1.25 bits per heavy atom. The van der Waals surface area contributed by atoms with Gasteiger partial charge in [-0.1, -0.05) is 7.43 Å². The number of rotatable bonds is 13. The predicted octanol–water partition coefficient (Wildman–Crippen LogP) is 4.47. The molecule has 2 aliphatic rings. The fourth-order valence-corrected chi connectivity index (χ4v) is 6.18. The number of H-pyrrole nitrogens is 2. The van der Waals surface area contributed by atoms with Crippen LogP contribution in [0.4, 0.5) is 0 Å². The van der Waals surface area contributed by atoms with Crippen molar-refractivity contribution in [2.24, 2.45) is 11.8 Å². The molecule has 2 saturated heterocycles. The van der Waals surface area contributed by atoms with E-state index in [9.17, 15) is 9.59 Å². The summed E-state index contributed by atoms with van der Waals surface area (Å²) >= 11 is 5.18. The van der Waals surface area contributed by atoms with Gasteiger partial charge in [0.25, 0.3) is 11.8 Å². The van der Waals surface area contributed by atoms with Crippen molar-refractivity contribution in [1.29, 1.82) is 0 Å². The SMILES string of the molecule is C.COCCCl.COCCN1CCC(CNC(=O)c2n[nH]c3ccc(OC)cc23)CC1.COc1ccc2[nH]nc(C(=O)NCC3CCNCC3)c2c1. The zero-order valence-electron chi connectivity index (χ0n) is 30.2. The first-order valence-electron chi connectivity index (χ1n) is 17.5. The smallest absolute Gasteiger partial charge is 0.272 e. The maximum absolute atomic E-state index is 12.5. The summed E-state index contributed by atoms with van der Waals surface area (Å²) in [7, 11) is 6.58. The van der Waals surface area contributed by atoms with Gasteiger partial charge in [0.1, 0.15) is 11.5 Å². The molecule has 2 fully saturated rings. The number of halogens is 1. The lowest BCUT2D eigenvalue weighted by Gasteiger charge is -2.31. The third-order valence-electron chi connectivity index (χ3n) is 9.13. The molecule has 0 unspecified atom stereocenters. The lowest BCUT2D eigenvalue weighted by molar-refractivity contribution is 0.0919. The Hall–Kier alpha value is -3.95. The highest BCUT2D eigenvalue weighted by Gasteiger charge is 2.22. The minimum Gasteiger partial charge on any atom is -0.497 e. The molecule has 0 radical (unpaired) electrons. The third-order valence-corrected chi connectivity index (χ3v) is 9.29. The number of piperidine rings is 2. The average Bonchev–Trinajstić information content (AvgIpc) is 3.81. The number of aromatic nitrogens is 4. The first-order valence-corrected chi connectivity index (χ1v) is 18.0. The number of hydrogen-bond donors (Lipinski definition) is 5. The molecule has 0 spiro atoms. The Balaban J connectivity index is 0.000000247. The van der Waals surface area contributed by atoms with Crippen LogP contribution in [-0.4, -0.2) is 130 Å². The molecule has 2 aromatic carbocycles. The predicted molar refractivity (Wildman–Crippen MR) is 206 cm³/mol. The zero-order valence-corrected chi connectivity index (χ0v) is 30.9. The van der Waals surface area contributed by atoms with E-state index in [2.05, 4.69) is 46.0 Å². The fourth-order valence-electron chi connectivity index (χ4n) is 6.03. The third kappa shape index (κ3) is 12.6. The summed E-state index contributed by atoms with van der Waals surface area (Å²) in [5.41, 5.74) is 2.52. The number of hydrogen-bond acceptors (Lipinski definition) is 10. The van der Waals surface area contributed by atoms with Crippen LogP contribution in [0, 0.1) is 11.8 Å². The van der Waals surface area contributed by atoms with Crippen LogP contribution in [-0.2, 0) is 9.47 Å². The van der Waals surface area contributed by atoms with Crippen LogP contribution in [0.1, 0.15) is 54.1 Å². The van der Waals surface area contributed by atoms with Crippen molar-refractivity contribution in [2.45, 2.75) is 33.1 Å². The van der Waals surface area contributed by atoms with Crippen molar-refractivity contribution in [3.05, 3.63) is 47.8 Å². The van der Waals surface area contributed by atoms with Gasteiger partial charge in [-0.25, -0.2) is 0 Å². The molecule has 15 heteroatoms. The van der Waals surface area contributed by atoms with Gasteiger partial charge in [0.2, 0.25) is 0 Å². The molecule has 2 amide bonds. The Morgan fingerprint density at radius 1 is 0.769 bits per heavy atom. The van der Waals surface area contributed by atoms with Crippen LogP contribution in [0.3, 0.4) is 0 Å². The van der Waals surface area contributed by atoms with Gasteiger partial charge >= 0.3 is 0 Å². The summed E-state index contributed by atoms with van der Waals surface area (Å²) in [6.45, 7) is 7.99. The Morgan fingerprint density at radius 3 is 1.67 bits per heavy atom. The molecule has 4 aromatic rings. The minimum absolute atomic E-state index is 0. The van der Waals surface area contributed by atoms with Gasteiger partial charge in [-0.15, -0.1) is 11.6 Å². The first kappa shape index (κ1) is 42.5. The lowest BCUT2D eigenvalue weighted by atomic mass is 9.97. The van der Waals surface area contributed by atoms with Crippen molar-refractivity contribution in [3.63, 3.8) is 0 Å². The normalized spacial score (nSPS) is 15.1. The average molecular weight is 745 g/mol. The number of likely N-dealkylation sites (tertiary alicyclic amines) is 1. The maximum Gasteiger partial charge on any atom is 0.272 e. The second-order valence-corrected chi connectivity index (χ2v) is 12.9. The largest absolute Gasteiger partial charge is 0.497 e. The maximum atomic E-state index is 12.5. The van der Waals surface area contributed by atoms with E-state index in [1.807, 2.05) is 36.4 Å². The van der Waals surface area contributed by atoms with E-state index in [4.69, 9.17) is 25.8 Å². The van der Waals surface area contributed by atoms with E-state index in [-0.39, 0.29) is 19.2 Å². The fraction of sp³-hybridized carbons (Fsp3) is 0.568. The van der Waals surface area contributed by atoms with Crippen LogP contribution in [0.5, 0.6) is 11.5 Å². The Bertz CT molecular complexity index is 1630. The molecule has 0 aliphatic carbocycles. The van der Waals surface area contributed by atoms with Gasteiger partial charge in [-0.2, -0.15) is 10.2 Å². The molecule has 4 heterocycles. The quantitative estimate of drug-likeness (QED) is 0.123. The monoisotopic (exact) mass is 744 g/mol. The molecule has 0 atom stereocenters. The summed E-state index contributed by atoms with van der Waals surface area (Å²) in [4.78, 5) is 27.2. The number of alkyl halides is 1. The second-order valence-electron chi connectivity index (χ2n) is 12.5. The number of fused-ring (bicyclic) bond motifs is 2. The van der Waals surface area contributed by atoms with Crippen LogP contribution in [0.15, 0.2) is 36.4 Å². The molecule has 2 aliphatic heterocycles. The van der Waals surface area contributed by atoms with Crippen molar-refractivity contribution < 1.29 is 28.5 Å². The number of nitrogens with one attached hydrogen (secondary N) is 5. The molecule has 14 nitrogen and oxygen atoms in total. The molecular weight excluding hydrogens is 688 g/mol. The summed E-state index contributed by atoms with van der Waals surface area (Å²) in [6, 6.07) is 11.1. The highest BCUT2D eigenvalue weighted by Crippen LogP contribution is 2.23. The van der Waals surface area contributed by atoms with Gasteiger partial charge < -0.3 is 39.8 Å². The molecule has 6 rings (SSSR count). The Labute approximate surface area is 312 Å². The number of benzene rings is 2. The van der Waals surface area contributed by atoms with E-state index in [0.29, 0.717) is 54.5 Å². The standard InChI is InChI=1S/C18H26N4O3.C15H20N4O2.C3H7ClO.CH4/c1-24-10-9-22-7-5-13(6-8-22)12-19-18(23)17-15-11-14(25-2)3-4-16(15)20-21-17;1-21-11-2-3-13-12(8-11)14(19-18-13)15(20)17-9-10-4-6-16-7-5-10;1-5-3-2-4;/h3-4,11,13H,5-10,12H2,1-2H3,(H,19,23)(H,20,21);2-3,8,10,16H,4-7,9H2,1H3,(H,17,20)(H,18,19);2-3H2,1H3;1H4. The van der Waals surface area contributed by atoms with Gasteiger partial charge in [-0.05, 0) is 100 Å². The van der Waals surface area contributed by atoms with Crippen molar-refractivity contribution >= 4 is 45.2 Å². The summed E-state index contributed by atoms with van der Waals surface area (Å²) in [6.07, 6.45) is 4.41. The molecule has 5 N–H and O–H groups in total. The topological polar surface area (TPSA) is 168 Å². The van der Waals surface area contributed by atoms with Gasteiger partial charge in [0.05, 0.1) is 38.5 Å². The molecular formula is C37H57ClN8O6. The van der Waals surface area contributed by atoms with E-state index in [1.165, 1.54) is 0 Å². The second kappa shape index (κ2) is 22.9. The lowest BCUT2D eigenvalue weighted by Crippen LogP contribution is -2.39. The van der Waals surface area contributed by atoms with E-state index in [1.54, 1.807) is 28.4 Å². The summed E-state index contributed by atoms with van der Waals surface area (Å²) in [5.74, 6) is 2.82. The van der Waals surface area contributed by atoms with Crippen LogP contribution < -0.4 is 25.4 Å². The summed E-state index contributed by atoms with van der Waals surface area (Å²) < 4.78 is 20.1.